The van der Waals surface area contributed by atoms with Gasteiger partial charge in [-0.3, -0.25) is 4.98 Å². The molecular formula is C14H18N2O3S2. The molecule has 21 heavy (non-hydrogen) atoms. The maximum absolute atomic E-state index is 12.1. The van der Waals surface area contributed by atoms with Crippen LogP contribution in [0.4, 0.5) is 0 Å². The molecular weight excluding hydrogens is 308 g/mol. The maximum Gasteiger partial charge on any atom is 0.240 e. The van der Waals surface area contributed by atoms with Crippen molar-refractivity contribution >= 4 is 21.4 Å². The van der Waals surface area contributed by atoms with E-state index in [0.717, 1.165) is 4.88 Å². The van der Waals surface area contributed by atoms with Crippen molar-refractivity contribution in [2.75, 3.05) is 6.54 Å². The Labute approximate surface area is 129 Å². The van der Waals surface area contributed by atoms with Gasteiger partial charge in [-0.05, 0) is 44.5 Å². The van der Waals surface area contributed by atoms with Crippen LogP contribution in [0.3, 0.4) is 0 Å². The Morgan fingerprint density at radius 3 is 2.57 bits per heavy atom. The second-order valence-electron chi connectivity index (χ2n) is 4.75. The minimum atomic E-state index is -3.48. The molecule has 0 saturated carbocycles. The van der Waals surface area contributed by atoms with Crippen molar-refractivity contribution in [2.45, 2.75) is 31.3 Å². The molecule has 2 aromatic rings. The number of hydrogen-bond donors (Lipinski definition) is 1. The summed E-state index contributed by atoms with van der Waals surface area (Å²) in [5, 5.41) is 0. The fourth-order valence-electron chi connectivity index (χ4n) is 1.73. The van der Waals surface area contributed by atoms with Crippen LogP contribution in [-0.2, 0) is 16.4 Å². The summed E-state index contributed by atoms with van der Waals surface area (Å²) in [6.07, 6.45) is 2.44. The lowest BCUT2D eigenvalue weighted by molar-refractivity contribution is 0.242. The van der Waals surface area contributed by atoms with Gasteiger partial charge in [0.15, 0.2) is 0 Å². The lowest BCUT2D eigenvalue weighted by Gasteiger charge is -2.10. The monoisotopic (exact) mass is 326 g/mol. The van der Waals surface area contributed by atoms with Gasteiger partial charge in [-0.2, -0.15) is 0 Å². The van der Waals surface area contributed by atoms with Crippen LogP contribution in [0, 0.1) is 0 Å². The molecule has 0 aliphatic rings. The van der Waals surface area contributed by atoms with Gasteiger partial charge in [0.1, 0.15) is 5.75 Å². The van der Waals surface area contributed by atoms with Crippen LogP contribution >= 0.6 is 11.3 Å². The van der Waals surface area contributed by atoms with E-state index in [-0.39, 0.29) is 11.0 Å². The summed E-state index contributed by atoms with van der Waals surface area (Å²) in [4.78, 5) is 5.25. The van der Waals surface area contributed by atoms with E-state index in [1.165, 1.54) is 11.3 Å². The van der Waals surface area contributed by atoms with Gasteiger partial charge in [-0.1, -0.05) is 0 Å². The van der Waals surface area contributed by atoms with E-state index < -0.39 is 10.0 Å². The average Bonchev–Trinajstić information content (AvgIpc) is 2.91. The molecule has 2 rings (SSSR count). The molecule has 0 bridgehead atoms. The van der Waals surface area contributed by atoms with E-state index in [1.807, 2.05) is 13.8 Å². The van der Waals surface area contributed by atoms with Gasteiger partial charge in [0.05, 0.1) is 16.5 Å². The fourth-order valence-corrected chi connectivity index (χ4v) is 3.36. The number of ether oxygens (including phenoxy) is 1. The Morgan fingerprint density at radius 1 is 1.29 bits per heavy atom. The lowest BCUT2D eigenvalue weighted by atomic mass is 10.3. The smallest absolute Gasteiger partial charge is 0.240 e. The molecule has 0 radical (unpaired) electrons. The summed E-state index contributed by atoms with van der Waals surface area (Å²) in [6, 6.07) is 6.43. The van der Waals surface area contributed by atoms with Gasteiger partial charge in [0, 0.05) is 17.6 Å². The third kappa shape index (κ3) is 4.80. The predicted octanol–water partition coefficient (Wildman–Crippen LogP) is 2.45. The molecule has 0 unspecified atom stereocenters. The molecule has 0 spiro atoms. The Morgan fingerprint density at radius 2 is 2.00 bits per heavy atom. The molecule has 1 aromatic heterocycles. The molecule has 7 heteroatoms. The van der Waals surface area contributed by atoms with Crippen LogP contribution in [0.25, 0.3) is 0 Å². The highest BCUT2D eigenvalue weighted by Gasteiger charge is 2.13. The molecule has 0 aliphatic heterocycles. The highest BCUT2D eigenvalue weighted by Crippen LogP contribution is 2.17. The topological polar surface area (TPSA) is 68.3 Å². The largest absolute Gasteiger partial charge is 0.491 e. The standard InChI is InChI=1S/C14H18N2O3S2/c1-11(2)19-12-3-5-14(6-4-12)21(17,18)16-8-7-13-9-15-10-20-13/h3-6,9-11,16H,7-8H2,1-2H3. The maximum atomic E-state index is 12.1. The molecule has 1 heterocycles. The van der Waals surface area contributed by atoms with Crippen molar-refractivity contribution in [2.24, 2.45) is 0 Å². The summed E-state index contributed by atoms with van der Waals surface area (Å²) >= 11 is 1.51. The van der Waals surface area contributed by atoms with E-state index >= 15 is 0 Å². The van der Waals surface area contributed by atoms with Gasteiger partial charge in [-0.25, -0.2) is 13.1 Å². The SMILES string of the molecule is CC(C)Oc1ccc(S(=O)(=O)NCCc2cncs2)cc1. The van der Waals surface area contributed by atoms with Crippen LogP contribution in [0.5, 0.6) is 5.75 Å². The number of nitrogens with zero attached hydrogens (tertiary/aromatic N) is 1. The van der Waals surface area contributed by atoms with Crippen molar-refractivity contribution in [3.8, 4) is 5.75 Å². The Hall–Kier alpha value is -1.44. The molecule has 0 amide bonds. The van der Waals surface area contributed by atoms with E-state index in [0.29, 0.717) is 18.7 Å². The van der Waals surface area contributed by atoms with Gasteiger partial charge < -0.3 is 4.74 Å². The summed E-state index contributed by atoms with van der Waals surface area (Å²) in [5.41, 5.74) is 1.73. The second kappa shape index (κ2) is 7.02. The first-order chi connectivity index (χ1) is 9.97. The van der Waals surface area contributed by atoms with Crippen molar-refractivity contribution in [3.05, 3.63) is 40.8 Å². The zero-order valence-electron chi connectivity index (χ0n) is 11.9. The van der Waals surface area contributed by atoms with Crippen LogP contribution in [0.2, 0.25) is 0 Å². The minimum absolute atomic E-state index is 0.0602. The normalized spacial score (nSPS) is 11.8. The van der Waals surface area contributed by atoms with Crippen LogP contribution in [0.1, 0.15) is 18.7 Å². The number of sulfonamides is 1. The molecule has 0 saturated heterocycles. The highest BCUT2D eigenvalue weighted by molar-refractivity contribution is 7.89. The Bertz CT molecular complexity index is 650. The lowest BCUT2D eigenvalue weighted by Crippen LogP contribution is -2.25. The Balaban J connectivity index is 1.95. The number of aromatic nitrogens is 1. The molecule has 5 nitrogen and oxygen atoms in total. The van der Waals surface area contributed by atoms with Crippen molar-refractivity contribution in [3.63, 3.8) is 0 Å². The first-order valence-electron chi connectivity index (χ1n) is 6.61. The number of hydrogen-bond acceptors (Lipinski definition) is 5. The van der Waals surface area contributed by atoms with E-state index in [4.69, 9.17) is 4.74 Å². The first-order valence-corrected chi connectivity index (χ1v) is 8.97. The van der Waals surface area contributed by atoms with Crippen LogP contribution in [-0.4, -0.2) is 26.1 Å². The van der Waals surface area contributed by atoms with Gasteiger partial charge in [0.25, 0.3) is 0 Å². The number of benzene rings is 1. The summed E-state index contributed by atoms with van der Waals surface area (Å²) in [5.74, 6) is 0.661. The van der Waals surface area contributed by atoms with Gasteiger partial charge in [-0.15, -0.1) is 11.3 Å². The molecule has 1 aromatic carbocycles. The van der Waals surface area contributed by atoms with Gasteiger partial charge >= 0.3 is 0 Å². The van der Waals surface area contributed by atoms with Crippen LogP contribution < -0.4 is 9.46 Å². The third-order valence-electron chi connectivity index (χ3n) is 2.65. The molecule has 0 fully saturated rings. The second-order valence-corrected chi connectivity index (χ2v) is 7.49. The molecule has 0 atom stereocenters. The minimum Gasteiger partial charge on any atom is -0.491 e. The molecule has 114 valence electrons. The summed E-state index contributed by atoms with van der Waals surface area (Å²) in [6.45, 7) is 4.20. The highest BCUT2D eigenvalue weighted by atomic mass is 32.2. The van der Waals surface area contributed by atoms with Crippen LogP contribution in [0.15, 0.2) is 40.9 Å². The number of nitrogens with one attached hydrogen (secondary N) is 1. The molecule has 1 N–H and O–H groups in total. The zero-order valence-corrected chi connectivity index (χ0v) is 13.6. The van der Waals surface area contributed by atoms with E-state index in [1.54, 1.807) is 36.0 Å². The summed E-state index contributed by atoms with van der Waals surface area (Å²) in [7, 11) is -3.48. The molecule has 0 aliphatic carbocycles. The van der Waals surface area contributed by atoms with Crippen molar-refractivity contribution < 1.29 is 13.2 Å². The van der Waals surface area contributed by atoms with Crippen molar-refractivity contribution in [1.82, 2.24) is 9.71 Å². The van der Waals surface area contributed by atoms with E-state index in [2.05, 4.69) is 9.71 Å². The summed E-state index contributed by atoms with van der Waals surface area (Å²) < 4.78 is 32.3. The fraction of sp³-hybridized carbons (Fsp3) is 0.357. The first kappa shape index (κ1) is 15.9. The number of rotatable bonds is 7. The predicted molar refractivity (Wildman–Crippen MR) is 83.2 cm³/mol. The quantitative estimate of drug-likeness (QED) is 0.848. The third-order valence-corrected chi connectivity index (χ3v) is 4.97. The van der Waals surface area contributed by atoms with Gasteiger partial charge in [0.2, 0.25) is 10.0 Å². The number of thiazole rings is 1. The average molecular weight is 326 g/mol. The van der Waals surface area contributed by atoms with E-state index in [9.17, 15) is 8.42 Å². The zero-order chi connectivity index (χ0) is 15.3. The van der Waals surface area contributed by atoms with Crippen molar-refractivity contribution in [1.29, 1.82) is 0 Å². The Kier molecular flexibility index (Phi) is 5.33.